The summed E-state index contributed by atoms with van der Waals surface area (Å²) in [6, 6.07) is 26.0. The van der Waals surface area contributed by atoms with Crippen LogP contribution in [0.25, 0.3) is 21.9 Å². The molecule has 5 aromatic rings. The Labute approximate surface area is 270 Å². The van der Waals surface area contributed by atoms with Crippen molar-refractivity contribution in [2.24, 2.45) is 9.98 Å². The number of benzene rings is 4. The van der Waals surface area contributed by atoms with Crippen LogP contribution in [0.1, 0.15) is 116 Å². The van der Waals surface area contributed by atoms with Gasteiger partial charge in [-0.15, -0.1) is 0 Å². The number of rotatable bonds is 4. The number of para-hydroxylation sites is 2. The summed E-state index contributed by atoms with van der Waals surface area (Å²) < 4.78 is 6.66. The molecule has 0 aliphatic carbocycles. The van der Waals surface area contributed by atoms with Gasteiger partial charge in [0.25, 0.3) is 0 Å². The van der Waals surface area contributed by atoms with Crippen LogP contribution in [0.4, 0.5) is 11.4 Å². The lowest BCUT2D eigenvalue weighted by atomic mass is 9.81. The molecular weight excluding hydrogens is 548 g/mol. The molecule has 0 fully saturated rings. The van der Waals surface area contributed by atoms with Crippen LogP contribution < -0.4 is 0 Å². The van der Waals surface area contributed by atoms with E-state index in [1.54, 1.807) is 0 Å². The average Bonchev–Trinajstić information content (AvgIpc) is 3.32. The van der Waals surface area contributed by atoms with E-state index in [1.807, 2.05) is 12.4 Å². The Morgan fingerprint density at radius 2 is 0.844 bits per heavy atom. The predicted molar refractivity (Wildman–Crippen MR) is 196 cm³/mol. The maximum atomic E-state index is 6.66. The zero-order valence-electron chi connectivity index (χ0n) is 29.4. The number of aliphatic imine (C=N–C) groups is 2. The van der Waals surface area contributed by atoms with E-state index in [9.17, 15) is 0 Å². The molecule has 0 bridgehead atoms. The zero-order valence-corrected chi connectivity index (χ0v) is 29.4. The summed E-state index contributed by atoms with van der Waals surface area (Å²) in [4.78, 5) is 10.2. The molecule has 0 atom stereocenters. The molecule has 4 aromatic carbocycles. The lowest BCUT2D eigenvalue weighted by Crippen LogP contribution is -2.15. The zero-order chi connectivity index (χ0) is 32.9. The maximum Gasteiger partial charge on any atom is 0.144 e. The van der Waals surface area contributed by atoms with Gasteiger partial charge in [0.1, 0.15) is 11.2 Å². The third kappa shape index (κ3) is 6.83. The molecule has 0 N–H and O–H groups in total. The number of hydrogen-bond acceptors (Lipinski definition) is 3. The van der Waals surface area contributed by atoms with Crippen LogP contribution in [0.3, 0.4) is 0 Å². The summed E-state index contributed by atoms with van der Waals surface area (Å²) in [6.45, 7) is 26.9. The highest BCUT2D eigenvalue weighted by Gasteiger charge is 2.23. The molecule has 0 saturated heterocycles. The molecule has 45 heavy (non-hydrogen) atoms. The number of fused-ring (bicyclic) bond motifs is 3. The first-order chi connectivity index (χ1) is 20.8. The molecule has 3 nitrogen and oxygen atoms in total. The van der Waals surface area contributed by atoms with E-state index in [0.717, 1.165) is 44.4 Å². The summed E-state index contributed by atoms with van der Waals surface area (Å²) in [6.07, 6.45) is 3.92. The Hall–Kier alpha value is -3.98. The normalized spacial score (nSPS) is 13.6. The van der Waals surface area contributed by atoms with Crippen LogP contribution in [0.15, 0.2) is 87.2 Å². The first-order valence-electron chi connectivity index (χ1n) is 16.2. The van der Waals surface area contributed by atoms with Crippen molar-refractivity contribution in [3.63, 3.8) is 0 Å². The van der Waals surface area contributed by atoms with E-state index >= 15 is 0 Å². The molecule has 0 aliphatic heterocycles. The van der Waals surface area contributed by atoms with Gasteiger partial charge in [0.15, 0.2) is 0 Å². The van der Waals surface area contributed by atoms with Crippen molar-refractivity contribution < 1.29 is 4.42 Å². The van der Waals surface area contributed by atoms with Crippen molar-refractivity contribution in [1.82, 2.24) is 0 Å². The van der Waals surface area contributed by atoms with Gasteiger partial charge in [0.2, 0.25) is 0 Å². The molecule has 0 amide bonds. The number of furan rings is 1. The number of nitrogens with zero attached hydrogens (tertiary/aromatic N) is 2. The lowest BCUT2D eigenvalue weighted by molar-refractivity contribution is 0.578. The van der Waals surface area contributed by atoms with Crippen LogP contribution in [-0.2, 0) is 21.7 Å². The van der Waals surface area contributed by atoms with Crippen LogP contribution in [0.5, 0.6) is 0 Å². The highest BCUT2D eigenvalue weighted by atomic mass is 16.3. The smallest absolute Gasteiger partial charge is 0.144 e. The first-order valence-corrected chi connectivity index (χ1v) is 16.2. The Morgan fingerprint density at radius 1 is 0.467 bits per heavy atom. The minimum atomic E-state index is -0.0258. The SMILES string of the molecule is CC(C)(C)c1ccc(C(C)(C)C)c(/N=C/c2cccc3c2oc2c(/C=N/c4cc(C(C)(C)C)ccc4C(C)(C)C)cccc23)c1. The summed E-state index contributed by atoms with van der Waals surface area (Å²) in [7, 11) is 0. The lowest BCUT2D eigenvalue weighted by Gasteiger charge is -2.25. The molecule has 234 valence electrons. The van der Waals surface area contributed by atoms with Crippen molar-refractivity contribution in [1.29, 1.82) is 0 Å². The minimum absolute atomic E-state index is 0.0258. The molecule has 0 unspecified atom stereocenters. The van der Waals surface area contributed by atoms with E-state index in [2.05, 4.69) is 156 Å². The summed E-state index contributed by atoms with van der Waals surface area (Å²) in [5.74, 6) is 0. The fourth-order valence-electron chi connectivity index (χ4n) is 5.82. The predicted octanol–water partition coefficient (Wildman–Crippen LogP) is 12.3. The maximum absolute atomic E-state index is 6.66. The van der Waals surface area contributed by atoms with Crippen molar-refractivity contribution in [2.75, 3.05) is 0 Å². The van der Waals surface area contributed by atoms with Gasteiger partial charge in [-0.25, -0.2) is 0 Å². The van der Waals surface area contributed by atoms with Crippen LogP contribution >= 0.6 is 0 Å². The quantitative estimate of drug-likeness (QED) is 0.190. The third-order valence-electron chi connectivity index (χ3n) is 8.61. The highest BCUT2D eigenvalue weighted by Crippen LogP contribution is 2.38. The van der Waals surface area contributed by atoms with Crippen molar-refractivity contribution >= 4 is 45.7 Å². The average molecular weight is 599 g/mol. The Bertz CT molecular complexity index is 1780. The van der Waals surface area contributed by atoms with Crippen molar-refractivity contribution in [2.45, 2.75) is 105 Å². The van der Waals surface area contributed by atoms with Gasteiger partial charge >= 0.3 is 0 Å². The van der Waals surface area contributed by atoms with E-state index in [4.69, 9.17) is 14.4 Å². The monoisotopic (exact) mass is 598 g/mol. The fraction of sp³-hybridized carbons (Fsp3) is 0.381. The molecule has 1 aromatic heterocycles. The van der Waals surface area contributed by atoms with Crippen molar-refractivity contribution in [3.8, 4) is 0 Å². The molecule has 5 rings (SSSR count). The molecule has 0 saturated carbocycles. The molecule has 0 aliphatic rings. The van der Waals surface area contributed by atoms with Gasteiger partial charge in [-0.1, -0.05) is 132 Å². The Morgan fingerprint density at radius 3 is 1.18 bits per heavy atom. The van der Waals surface area contributed by atoms with E-state index in [0.29, 0.717) is 0 Å². The molecular formula is C42H50N2O. The molecule has 0 radical (unpaired) electrons. The van der Waals surface area contributed by atoms with Crippen molar-refractivity contribution in [3.05, 3.63) is 106 Å². The van der Waals surface area contributed by atoms with Gasteiger partial charge in [-0.3, -0.25) is 9.98 Å². The molecule has 0 spiro atoms. The summed E-state index contributed by atoms with van der Waals surface area (Å²) in [5, 5.41) is 2.16. The Balaban J connectivity index is 1.61. The van der Waals surface area contributed by atoms with Gasteiger partial charge in [-0.2, -0.15) is 0 Å². The van der Waals surface area contributed by atoms with E-state index in [1.165, 1.54) is 22.3 Å². The van der Waals surface area contributed by atoms with Crippen LogP contribution in [0, 0.1) is 0 Å². The molecule has 1 heterocycles. The molecule has 3 heteroatoms. The van der Waals surface area contributed by atoms with E-state index < -0.39 is 0 Å². The van der Waals surface area contributed by atoms with Gasteiger partial charge in [0.05, 0.1) is 11.4 Å². The van der Waals surface area contributed by atoms with Crippen LogP contribution in [0.2, 0.25) is 0 Å². The minimum Gasteiger partial charge on any atom is -0.455 e. The second-order valence-corrected chi connectivity index (χ2v) is 16.5. The van der Waals surface area contributed by atoms with Crippen LogP contribution in [-0.4, -0.2) is 12.4 Å². The second kappa shape index (κ2) is 11.4. The topological polar surface area (TPSA) is 37.9 Å². The Kier molecular flexibility index (Phi) is 8.23. The summed E-state index contributed by atoms with van der Waals surface area (Å²) >= 11 is 0. The highest BCUT2D eigenvalue weighted by molar-refractivity contribution is 6.13. The fourth-order valence-corrected chi connectivity index (χ4v) is 5.82. The first kappa shape index (κ1) is 32.4. The second-order valence-electron chi connectivity index (χ2n) is 16.5. The standard InChI is InChI=1S/C42H50N2O/c1-39(2,3)29-19-21-33(41(7,8)9)35(23-29)43-25-27-15-13-17-31-32-18-14-16-28(38(32)45-37(27)31)26-44-36-24-30(40(4,5)6)20-22-34(36)42(10,11)12/h13-26H,1-12H3/b43-25+,44-26+. The van der Waals surface area contributed by atoms with E-state index in [-0.39, 0.29) is 21.7 Å². The van der Waals surface area contributed by atoms with Gasteiger partial charge in [-0.05, 0) is 68.2 Å². The largest absolute Gasteiger partial charge is 0.455 e. The van der Waals surface area contributed by atoms with Gasteiger partial charge in [0, 0.05) is 34.3 Å². The number of hydrogen-bond donors (Lipinski definition) is 0. The third-order valence-corrected chi connectivity index (χ3v) is 8.61. The van der Waals surface area contributed by atoms with Gasteiger partial charge < -0.3 is 4.42 Å². The summed E-state index contributed by atoms with van der Waals surface area (Å²) in [5.41, 5.74) is 10.6.